The molecule has 23 heavy (non-hydrogen) atoms. The van der Waals surface area contributed by atoms with Crippen molar-refractivity contribution in [2.24, 2.45) is 0 Å². The molecule has 0 radical (unpaired) electrons. The van der Waals surface area contributed by atoms with E-state index in [1.165, 1.54) is 24.3 Å². The number of carbonyl (C=O) groups is 1. The van der Waals surface area contributed by atoms with Gasteiger partial charge in [-0.05, 0) is 54.8 Å². The minimum absolute atomic E-state index is 0.0939. The van der Waals surface area contributed by atoms with Gasteiger partial charge < -0.3 is 5.11 Å². The van der Waals surface area contributed by atoms with Crippen molar-refractivity contribution < 1.29 is 22.7 Å². The predicted octanol–water partition coefficient (Wildman–Crippen LogP) is 3.20. The lowest BCUT2D eigenvalue weighted by Gasteiger charge is -2.14. The van der Waals surface area contributed by atoms with Crippen LogP contribution in [0.3, 0.4) is 0 Å². The summed E-state index contributed by atoms with van der Waals surface area (Å²) in [5.74, 6) is -1.67. The van der Waals surface area contributed by atoms with Gasteiger partial charge in [0.05, 0.1) is 16.1 Å². The van der Waals surface area contributed by atoms with Crippen LogP contribution in [0.2, 0.25) is 0 Å². The first kappa shape index (κ1) is 17.0. The Bertz CT molecular complexity index is 862. The first-order valence-corrected chi connectivity index (χ1v) is 8.38. The molecule has 0 saturated carbocycles. The molecule has 2 aromatic carbocycles. The van der Waals surface area contributed by atoms with Crippen LogP contribution < -0.4 is 4.72 Å². The number of halogens is 1. The van der Waals surface area contributed by atoms with Crippen LogP contribution >= 0.6 is 0 Å². The monoisotopic (exact) mass is 337 g/mol. The Labute approximate surface area is 133 Å². The highest BCUT2D eigenvalue weighted by Crippen LogP contribution is 2.24. The van der Waals surface area contributed by atoms with Crippen LogP contribution in [0, 0.1) is 12.7 Å². The summed E-state index contributed by atoms with van der Waals surface area (Å²) in [5, 5.41) is 9.05. The zero-order valence-electron chi connectivity index (χ0n) is 12.6. The van der Waals surface area contributed by atoms with Gasteiger partial charge in [0.1, 0.15) is 5.82 Å². The molecule has 2 N–H and O–H groups in total. The lowest BCUT2D eigenvalue weighted by molar-refractivity contribution is 0.0696. The fraction of sp³-hybridized carbons (Fsp3) is 0.188. The molecule has 0 aliphatic rings. The summed E-state index contributed by atoms with van der Waals surface area (Å²) in [6.45, 7) is 3.35. The Morgan fingerprint density at radius 3 is 2.48 bits per heavy atom. The molecule has 0 heterocycles. The molecule has 2 aromatic rings. The quantitative estimate of drug-likeness (QED) is 0.877. The average molecular weight is 337 g/mol. The number of aryl methyl sites for hydroxylation is 2. The number of carboxylic acids is 1. The predicted molar refractivity (Wildman–Crippen MR) is 84.7 cm³/mol. The van der Waals surface area contributed by atoms with Crippen LogP contribution in [0.5, 0.6) is 0 Å². The van der Waals surface area contributed by atoms with Crippen LogP contribution in [0.25, 0.3) is 0 Å². The molecule has 0 spiro atoms. The molecule has 0 unspecified atom stereocenters. The lowest BCUT2D eigenvalue weighted by atomic mass is 10.1. The summed E-state index contributed by atoms with van der Waals surface area (Å²) in [6, 6.07) is 7.67. The maximum Gasteiger partial charge on any atom is 0.335 e. The summed E-state index contributed by atoms with van der Waals surface area (Å²) in [7, 11) is -3.98. The Hall–Kier alpha value is -2.41. The van der Waals surface area contributed by atoms with Gasteiger partial charge in [-0.3, -0.25) is 4.72 Å². The molecule has 0 fully saturated rings. The highest BCUT2D eigenvalue weighted by Gasteiger charge is 2.21. The van der Waals surface area contributed by atoms with E-state index >= 15 is 0 Å². The van der Waals surface area contributed by atoms with E-state index in [9.17, 15) is 17.6 Å². The van der Waals surface area contributed by atoms with Crippen molar-refractivity contribution in [1.29, 1.82) is 0 Å². The van der Waals surface area contributed by atoms with Crippen molar-refractivity contribution in [3.63, 3.8) is 0 Å². The minimum atomic E-state index is -3.98. The largest absolute Gasteiger partial charge is 0.478 e. The SMILES string of the molecule is CCc1ccc(C(=O)O)cc1S(=O)(=O)Nc1ccc(F)cc1C. The van der Waals surface area contributed by atoms with E-state index in [1.807, 2.05) is 0 Å². The van der Waals surface area contributed by atoms with Crippen LogP contribution in [-0.4, -0.2) is 19.5 Å². The summed E-state index contributed by atoms with van der Waals surface area (Å²) in [6.07, 6.45) is 0.429. The number of benzene rings is 2. The van der Waals surface area contributed by atoms with Gasteiger partial charge in [-0.1, -0.05) is 13.0 Å². The number of rotatable bonds is 5. The highest BCUT2D eigenvalue weighted by atomic mass is 32.2. The third kappa shape index (κ3) is 3.68. The second kappa shape index (κ2) is 6.37. The molecule has 0 aliphatic heterocycles. The molecule has 5 nitrogen and oxygen atoms in total. The van der Waals surface area contributed by atoms with Gasteiger partial charge in [0, 0.05) is 0 Å². The van der Waals surface area contributed by atoms with Crippen LogP contribution in [0.4, 0.5) is 10.1 Å². The summed E-state index contributed by atoms with van der Waals surface area (Å²) < 4.78 is 40.7. The van der Waals surface area contributed by atoms with E-state index in [4.69, 9.17) is 5.11 Å². The van der Waals surface area contributed by atoms with E-state index in [-0.39, 0.29) is 16.1 Å². The number of aromatic carboxylic acids is 1. The van der Waals surface area contributed by atoms with Crippen LogP contribution in [0.1, 0.15) is 28.4 Å². The Morgan fingerprint density at radius 2 is 1.91 bits per heavy atom. The van der Waals surface area contributed by atoms with Gasteiger partial charge in [0.25, 0.3) is 10.0 Å². The summed E-state index contributed by atoms with van der Waals surface area (Å²) in [4.78, 5) is 11.0. The summed E-state index contributed by atoms with van der Waals surface area (Å²) >= 11 is 0. The van der Waals surface area contributed by atoms with Gasteiger partial charge in [0.15, 0.2) is 0 Å². The van der Waals surface area contributed by atoms with E-state index in [0.29, 0.717) is 17.5 Å². The van der Waals surface area contributed by atoms with E-state index < -0.39 is 21.8 Å². The standard InChI is InChI=1S/C16H16FNO4S/c1-3-11-4-5-12(16(19)20)9-15(11)23(21,22)18-14-7-6-13(17)8-10(14)2/h4-9,18H,3H2,1-2H3,(H,19,20). The maximum absolute atomic E-state index is 13.1. The van der Waals surface area contributed by atoms with Crippen molar-refractivity contribution in [3.8, 4) is 0 Å². The van der Waals surface area contributed by atoms with Gasteiger partial charge >= 0.3 is 5.97 Å². The fourth-order valence-corrected chi connectivity index (χ4v) is 3.64. The van der Waals surface area contributed by atoms with Gasteiger partial charge in [-0.15, -0.1) is 0 Å². The number of hydrogen-bond donors (Lipinski definition) is 2. The molecule has 0 saturated heterocycles. The number of hydrogen-bond acceptors (Lipinski definition) is 3. The second-order valence-electron chi connectivity index (χ2n) is 5.05. The van der Waals surface area contributed by atoms with Gasteiger partial charge in [-0.25, -0.2) is 17.6 Å². The van der Waals surface area contributed by atoms with Crippen molar-refractivity contribution >= 4 is 21.7 Å². The van der Waals surface area contributed by atoms with Crippen LogP contribution in [0.15, 0.2) is 41.3 Å². The molecule has 0 bridgehead atoms. The molecule has 0 aliphatic carbocycles. The second-order valence-corrected chi connectivity index (χ2v) is 6.70. The first-order chi connectivity index (χ1) is 10.7. The Kier molecular flexibility index (Phi) is 4.70. The van der Waals surface area contributed by atoms with E-state index in [0.717, 1.165) is 12.1 Å². The topological polar surface area (TPSA) is 83.5 Å². The molecule has 0 amide bonds. The molecule has 2 rings (SSSR count). The van der Waals surface area contributed by atoms with Crippen LogP contribution in [-0.2, 0) is 16.4 Å². The molecule has 122 valence electrons. The third-order valence-corrected chi connectivity index (χ3v) is 4.87. The molecular formula is C16H16FNO4S. The fourth-order valence-electron chi connectivity index (χ4n) is 2.17. The zero-order valence-corrected chi connectivity index (χ0v) is 13.4. The maximum atomic E-state index is 13.1. The molecule has 0 aromatic heterocycles. The van der Waals surface area contributed by atoms with Gasteiger partial charge in [-0.2, -0.15) is 0 Å². The number of sulfonamides is 1. The number of nitrogens with one attached hydrogen (secondary N) is 1. The van der Waals surface area contributed by atoms with Gasteiger partial charge in [0.2, 0.25) is 0 Å². The normalized spacial score (nSPS) is 11.3. The third-order valence-electron chi connectivity index (χ3n) is 3.42. The minimum Gasteiger partial charge on any atom is -0.478 e. The lowest BCUT2D eigenvalue weighted by Crippen LogP contribution is -2.16. The van der Waals surface area contributed by atoms with Crippen molar-refractivity contribution in [2.75, 3.05) is 4.72 Å². The summed E-state index contributed by atoms with van der Waals surface area (Å²) in [5.41, 5.74) is 1.07. The average Bonchev–Trinajstić information content (AvgIpc) is 2.49. The first-order valence-electron chi connectivity index (χ1n) is 6.90. The molecule has 7 heteroatoms. The number of carboxylic acid groups (broad SMARTS) is 1. The van der Waals surface area contributed by atoms with Crippen molar-refractivity contribution in [1.82, 2.24) is 0 Å². The smallest absolute Gasteiger partial charge is 0.335 e. The van der Waals surface area contributed by atoms with E-state index in [2.05, 4.69) is 4.72 Å². The van der Waals surface area contributed by atoms with Crippen molar-refractivity contribution in [3.05, 3.63) is 58.9 Å². The van der Waals surface area contributed by atoms with Crippen molar-refractivity contribution in [2.45, 2.75) is 25.2 Å². The molecular weight excluding hydrogens is 321 g/mol. The Balaban J connectivity index is 2.50. The highest BCUT2D eigenvalue weighted by molar-refractivity contribution is 7.92. The Morgan fingerprint density at radius 1 is 1.22 bits per heavy atom. The number of anilines is 1. The molecule has 0 atom stereocenters. The van der Waals surface area contributed by atoms with E-state index in [1.54, 1.807) is 13.8 Å². The zero-order chi connectivity index (χ0) is 17.2.